The summed E-state index contributed by atoms with van der Waals surface area (Å²) < 4.78 is 40.1. The van der Waals surface area contributed by atoms with Crippen LogP contribution in [0.1, 0.15) is 25.3 Å². The van der Waals surface area contributed by atoms with Gasteiger partial charge in [-0.25, -0.2) is 14.8 Å². The number of carbonyl (C=O) groups is 1. The van der Waals surface area contributed by atoms with Crippen molar-refractivity contribution in [3.8, 4) is 0 Å². The van der Waals surface area contributed by atoms with Gasteiger partial charge >= 0.3 is 12.2 Å². The average Bonchev–Trinajstić information content (AvgIpc) is 3.23. The van der Waals surface area contributed by atoms with Crippen LogP contribution in [0.25, 0.3) is 11.2 Å². The number of nitrogens with one attached hydrogen (secondary N) is 2. The molecule has 1 saturated heterocycles. The zero-order valence-electron chi connectivity index (χ0n) is 18.3. The van der Waals surface area contributed by atoms with Crippen LogP contribution in [-0.2, 0) is 13.2 Å². The van der Waals surface area contributed by atoms with Gasteiger partial charge in [0.05, 0.1) is 11.8 Å². The Labute approximate surface area is 187 Å². The fraction of sp³-hybridized carbons (Fsp3) is 0.429. The highest BCUT2D eigenvalue weighted by Crippen LogP contribution is 2.30. The van der Waals surface area contributed by atoms with Crippen LogP contribution < -0.4 is 15.8 Å². The van der Waals surface area contributed by atoms with Crippen molar-refractivity contribution in [2.24, 2.45) is 7.05 Å². The Morgan fingerprint density at radius 1 is 1.36 bits per heavy atom. The Morgan fingerprint density at radius 2 is 2.12 bits per heavy atom. The Balaban J connectivity index is 1.45. The maximum atomic E-state index is 13.1. The minimum absolute atomic E-state index is 0.0473. The summed E-state index contributed by atoms with van der Waals surface area (Å²) in [5.74, 6) is 0.743. The molecule has 4 heterocycles. The van der Waals surface area contributed by atoms with E-state index in [1.165, 1.54) is 11.9 Å². The van der Waals surface area contributed by atoms with Crippen LogP contribution in [0.15, 0.2) is 35.5 Å². The molecule has 1 fully saturated rings. The predicted octanol–water partition coefficient (Wildman–Crippen LogP) is 3.20. The number of aromatic amines is 1. The van der Waals surface area contributed by atoms with Gasteiger partial charge in [0.25, 0.3) is 5.56 Å². The number of urea groups is 1. The number of alkyl halides is 3. The molecule has 2 amide bonds. The Bertz CT molecular complexity index is 1240. The number of aryl methyl sites for hydroxylation is 1. The lowest BCUT2D eigenvalue weighted by Crippen LogP contribution is -2.51. The molecule has 1 aliphatic heterocycles. The van der Waals surface area contributed by atoms with E-state index in [0.717, 1.165) is 15.9 Å². The number of pyridine rings is 1. The second-order valence-corrected chi connectivity index (χ2v) is 8.26. The molecule has 3 aromatic heterocycles. The molecule has 3 aromatic rings. The average molecular weight is 463 g/mol. The molecule has 0 unspecified atom stereocenters. The van der Waals surface area contributed by atoms with Crippen LogP contribution >= 0.6 is 0 Å². The number of H-pyrrole nitrogens is 1. The topological polar surface area (TPSA) is 99.1 Å². The number of hydrogen-bond acceptors (Lipinski definition) is 5. The molecule has 0 spiro atoms. The first kappa shape index (κ1) is 22.6. The molecule has 0 aliphatic carbocycles. The fourth-order valence-electron chi connectivity index (χ4n) is 4.12. The van der Waals surface area contributed by atoms with Crippen molar-refractivity contribution in [2.75, 3.05) is 23.8 Å². The Hall–Kier alpha value is -3.57. The third-order valence-corrected chi connectivity index (χ3v) is 6.01. The van der Waals surface area contributed by atoms with Gasteiger partial charge in [-0.15, -0.1) is 0 Å². The highest BCUT2D eigenvalue weighted by molar-refractivity contribution is 5.89. The lowest BCUT2D eigenvalue weighted by molar-refractivity contribution is -0.138. The van der Waals surface area contributed by atoms with Crippen molar-refractivity contribution in [2.45, 2.75) is 38.0 Å². The first-order valence-electron chi connectivity index (χ1n) is 10.4. The van der Waals surface area contributed by atoms with Gasteiger partial charge in [-0.2, -0.15) is 13.2 Å². The third kappa shape index (κ3) is 4.50. The first-order valence-corrected chi connectivity index (χ1v) is 10.4. The van der Waals surface area contributed by atoms with E-state index in [9.17, 15) is 22.8 Å². The molecule has 9 nitrogen and oxygen atoms in total. The molecular formula is C21H24F3N7O2. The maximum Gasteiger partial charge on any atom is 0.417 e. The van der Waals surface area contributed by atoms with Gasteiger partial charge in [0.2, 0.25) is 0 Å². The molecule has 0 bridgehead atoms. The molecule has 2 N–H and O–H groups in total. The van der Waals surface area contributed by atoms with Crippen LogP contribution in [-0.4, -0.2) is 56.1 Å². The van der Waals surface area contributed by atoms with E-state index in [1.54, 1.807) is 19.4 Å². The normalized spacial score (nSPS) is 19.0. The summed E-state index contributed by atoms with van der Waals surface area (Å²) >= 11 is 0. The van der Waals surface area contributed by atoms with E-state index in [4.69, 9.17) is 0 Å². The van der Waals surface area contributed by atoms with Crippen molar-refractivity contribution in [1.29, 1.82) is 0 Å². The molecular weight excluding hydrogens is 439 g/mol. The predicted molar refractivity (Wildman–Crippen MR) is 117 cm³/mol. The summed E-state index contributed by atoms with van der Waals surface area (Å²) in [5.41, 5.74) is -0.666. The monoisotopic (exact) mass is 463 g/mol. The quantitative estimate of drug-likeness (QED) is 0.622. The van der Waals surface area contributed by atoms with Gasteiger partial charge in [-0.3, -0.25) is 4.79 Å². The van der Waals surface area contributed by atoms with Crippen LogP contribution in [0.5, 0.6) is 0 Å². The van der Waals surface area contributed by atoms with Crippen LogP contribution in [0, 0.1) is 0 Å². The van der Waals surface area contributed by atoms with E-state index in [0.29, 0.717) is 37.3 Å². The number of rotatable bonds is 3. The van der Waals surface area contributed by atoms with Crippen molar-refractivity contribution in [3.05, 3.63) is 46.6 Å². The van der Waals surface area contributed by atoms with Gasteiger partial charge in [0, 0.05) is 45.1 Å². The summed E-state index contributed by atoms with van der Waals surface area (Å²) in [4.78, 5) is 40.6. The number of aromatic nitrogens is 4. The van der Waals surface area contributed by atoms with E-state index in [-0.39, 0.29) is 12.1 Å². The Kier molecular flexibility index (Phi) is 5.76. The van der Waals surface area contributed by atoms with Crippen molar-refractivity contribution >= 4 is 28.7 Å². The molecule has 2 atom stereocenters. The summed E-state index contributed by atoms with van der Waals surface area (Å²) in [6, 6.07) is 1.76. The number of piperidine rings is 1. The zero-order valence-corrected chi connectivity index (χ0v) is 18.3. The zero-order chi connectivity index (χ0) is 23.9. The molecule has 0 aromatic carbocycles. The van der Waals surface area contributed by atoms with Crippen LogP contribution in [0.2, 0.25) is 0 Å². The number of hydrogen-bond donors (Lipinski definition) is 2. The number of amides is 2. The highest BCUT2D eigenvalue weighted by Gasteiger charge is 2.33. The Morgan fingerprint density at radius 3 is 2.82 bits per heavy atom. The lowest BCUT2D eigenvalue weighted by Gasteiger charge is -2.41. The first-order chi connectivity index (χ1) is 15.5. The summed E-state index contributed by atoms with van der Waals surface area (Å²) in [6.45, 7) is 2.64. The van der Waals surface area contributed by atoms with Gasteiger partial charge in [-0.05, 0) is 31.9 Å². The number of fused-ring (bicyclic) bond motifs is 1. The molecule has 12 heteroatoms. The van der Waals surface area contributed by atoms with E-state index >= 15 is 0 Å². The number of nitrogens with zero attached hydrogens (tertiary/aromatic N) is 5. The molecule has 1 aliphatic rings. The summed E-state index contributed by atoms with van der Waals surface area (Å²) in [5, 5.41) is 2.35. The van der Waals surface area contributed by atoms with Gasteiger partial charge in [0.1, 0.15) is 17.0 Å². The molecule has 33 heavy (non-hydrogen) atoms. The largest absolute Gasteiger partial charge is 0.417 e. The highest BCUT2D eigenvalue weighted by atomic mass is 19.4. The summed E-state index contributed by atoms with van der Waals surface area (Å²) in [6.07, 6.45) is 0.794. The second kappa shape index (κ2) is 8.41. The maximum absolute atomic E-state index is 13.1. The number of halogens is 3. The van der Waals surface area contributed by atoms with Crippen molar-refractivity contribution in [1.82, 2.24) is 24.4 Å². The fourth-order valence-corrected chi connectivity index (χ4v) is 4.12. The minimum Gasteiger partial charge on any atom is -0.352 e. The van der Waals surface area contributed by atoms with Crippen molar-refractivity contribution in [3.63, 3.8) is 0 Å². The molecule has 0 saturated carbocycles. The van der Waals surface area contributed by atoms with Gasteiger partial charge < -0.3 is 24.7 Å². The third-order valence-electron chi connectivity index (χ3n) is 6.01. The molecule has 176 valence electrons. The minimum atomic E-state index is -4.63. The number of anilines is 2. The SMILES string of the molecule is C[C@H]1C[C@H](N(C)C(=O)Nc2cc(C(F)(F)F)cn(C)c2=O)CCN1c1cnc2[nH]ccc2n1. The number of carbonyl (C=O) groups excluding carboxylic acids is 1. The summed E-state index contributed by atoms with van der Waals surface area (Å²) in [7, 11) is 2.79. The van der Waals surface area contributed by atoms with Crippen LogP contribution in [0.4, 0.5) is 29.5 Å². The van der Waals surface area contributed by atoms with E-state index in [2.05, 4.69) is 25.2 Å². The van der Waals surface area contributed by atoms with Gasteiger partial charge in [0.15, 0.2) is 5.65 Å². The standard InChI is InChI=1S/C21H24F3N7O2/c1-12-8-14(5-7-31(12)17-10-26-18-15(27-17)4-6-25-18)30(3)20(33)28-16-9-13(21(22,23)24)11-29(2)19(16)32/h4,6,9-12,14H,5,7-8H2,1-3H3,(H,25,26)(H,28,33)/t12-,14+/m0/s1. The van der Waals surface area contributed by atoms with Crippen molar-refractivity contribution < 1.29 is 18.0 Å². The molecule has 0 radical (unpaired) electrons. The van der Waals surface area contributed by atoms with E-state index in [1.807, 2.05) is 13.0 Å². The smallest absolute Gasteiger partial charge is 0.352 e. The van der Waals surface area contributed by atoms with Gasteiger partial charge in [-0.1, -0.05) is 0 Å². The van der Waals surface area contributed by atoms with E-state index < -0.39 is 29.0 Å². The second-order valence-electron chi connectivity index (χ2n) is 8.26. The van der Waals surface area contributed by atoms with Crippen LogP contribution in [0.3, 0.4) is 0 Å². The lowest BCUT2D eigenvalue weighted by atomic mass is 9.97. The molecule has 4 rings (SSSR count).